The molecule has 34 heavy (non-hydrogen) atoms. The van der Waals surface area contributed by atoms with Gasteiger partial charge in [-0.15, -0.1) is 0 Å². The highest BCUT2D eigenvalue weighted by atomic mass is 35.5. The van der Waals surface area contributed by atoms with Crippen LogP contribution in [0.1, 0.15) is 11.6 Å². The lowest BCUT2D eigenvalue weighted by molar-refractivity contribution is -0.133. The number of aromatic amines is 1. The molecule has 0 saturated carbocycles. The van der Waals surface area contributed by atoms with Crippen molar-refractivity contribution < 1.29 is 9.53 Å². The zero-order valence-electron chi connectivity index (χ0n) is 18.6. The Kier molecular flexibility index (Phi) is 5.98. The third kappa shape index (κ3) is 4.12. The fourth-order valence-corrected chi connectivity index (χ4v) is 4.62. The molecule has 1 atom stereocenters. The molecule has 2 aromatic heterocycles. The van der Waals surface area contributed by atoms with E-state index in [4.69, 9.17) is 16.3 Å². The second kappa shape index (κ2) is 9.23. The van der Waals surface area contributed by atoms with Crippen molar-refractivity contribution in [1.82, 2.24) is 19.4 Å². The van der Waals surface area contributed by atoms with Crippen molar-refractivity contribution in [3.05, 3.63) is 88.1 Å². The van der Waals surface area contributed by atoms with Gasteiger partial charge < -0.3 is 19.5 Å². The van der Waals surface area contributed by atoms with Crippen molar-refractivity contribution in [3.63, 3.8) is 0 Å². The van der Waals surface area contributed by atoms with Crippen molar-refractivity contribution in [2.45, 2.75) is 6.04 Å². The average molecular weight is 478 g/mol. The maximum atomic E-state index is 13.9. The fraction of sp³-hybridized carbons (Fsp3) is 0.240. The van der Waals surface area contributed by atoms with Crippen LogP contribution < -0.4 is 15.3 Å². The molecule has 2 aromatic carbocycles. The van der Waals surface area contributed by atoms with Crippen LogP contribution in [0, 0.1) is 0 Å². The normalized spacial score (nSPS) is 14.9. The summed E-state index contributed by atoms with van der Waals surface area (Å²) >= 11 is 6.24. The third-order valence-electron chi connectivity index (χ3n) is 6.22. The summed E-state index contributed by atoms with van der Waals surface area (Å²) in [5, 5.41) is 0.493. The van der Waals surface area contributed by atoms with Crippen LogP contribution in [0.5, 0.6) is 5.75 Å². The molecule has 0 aliphatic carbocycles. The standard InChI is InChI=1S/C25H24ClN5O3/c1-34-20-5-2-17(3-6-20)23(31-22-16-18(26)4-7-21(22)28-25(31)33)24(32)30-14-12-29(13-15-30)19-8-10-27-11-9-19/h2-11,16,23H,12-15H2,1H3,(H,28,33). The number of hydrogen-bond donors (Lipinski definition) is 1. The van der Waals surface area contributed by atoms with E-state index in [-0.39, 0.29) is 11.6 Å². The van der Waals surface area contributed by atoms with Crippen molar-refractivity contribution in [2.75, 3.05) is 38.2 Å². The number of hydrogen-bond acceptors (Lipinski definition) is 5. The van der Waals surface area contributed by atoms with E-state index in [1.165, 1.54) is 4.57 Å². The van der Waals surface area contributed by atoms with Crippen LogP contribution in [-0.4, -0.2) is 58.6 Å². The molecule has 1 fully saturated rings. The summed E-state index contributed by atoms with van der Waals surface area (Å²) < 4.78 is 6.78. The monoisotopic (exact) mass is 477 g/mol. The van der Waals surface area contributed by atoms with E-state index in [1.807, 2.05) is 29.2 Å². The first kappa shape index (κ1) is 22.0. The number of halogens is 1. The molecule has 5 rings (SSSR count). The predicted molar refractivity (Wildman–Crippen MR) is 132 cm³/mol. The summed E-state index contributed by atoms with van der Waals surface area (Å²) in [7, 11) is 1.59. The van der Waals surface area contributed by atoms with Crippen molar-refractivity contribution in [3.8, 4) is 5.75 Å². The number of carbonyl (C=O) groups excluding carboxylic acids is 1. The summed E-state index contributed by atoms with van der Waals surface area (Å²) in [5.74, 6) is 0.540. The van der Waals surface area contributed by atoms with Gasteiger partial charge in [-0.25, -0.2) is 4.79 Å². The van der Waals surface area contributed by atoms with Gasteiger partial charge in [0.1, 0.15) is 11.8 Å². The Labute approximate surface area is 201 Å². The Morgan fingerprint density at radius 1 is 1.03 bits per heavy atom. The Hall–Kier alpha value is -3.78. The van der Waals surface area contributed by atoms with Crippen molar-refractivity contribution in [2.24, 2.45) is 0 Å². The van der Waals surface area contributed by atoms with Gasteiger partial charge in [0.2, 0.25) is 0 Å². The molecule has 1 unspecified atom stereocenters. The number of pyridine rings is 1. The van der Waals surface area contributed by atoms with Gasteiger partial charge >= 0.3 is 5.69 Å². The molecule has 1 N–H and O–H groups in total. The summed E-state index contributed by atoms with van der Waals surface area (Å²) in [5.41, 5.74) is 2.63. The van der Waals surface area contributed by atoms with Gasteiger partial charge in [0.05, 0.1) is 18.1 Å². The highest BCUT2D eigenvalue weighted by molar-refractivity contribution is 6.31. The number of amides is 1. The Balaban J connectivity index is 1.51. The number of nitrogens with one attached hydrogen (secondary N) is 1. The number of imidazole rings is 1. The molecule has 4 aromatic rings. The van der Waals surface area contributed by atoms with E-state index in [0.29, 0.717) is 53.5 Å². The van der Waals surface area contributed by atoms with Crippen LogP contribution in [0.15, 0.2) is 71.8 Å². The van der Waals surface area contributed by atoms with Gasteiger partial charge in [0.15, 0.2) is 0 Å². The number of aromatic nitrogens is 3. The molecule has 1 aliphatic heterocycles. The Bertz CT molecular complexity index is 1360. The summed E-state index contributed by atoms with van der Waals surface area (Å²) in [6.07, 6.45) is 3.53. The highest BCUT2D eigenvalue weighted by Crippen LogP contribution is 2.28. The fourth-order valence-electron chi connectivity index (χ4n) is 4.45. The lowest BCUT2D eigenvalue weighted by atomic mass is 10.0. The van der Waals surface area contributed by atoms with E-state index in [1.54, 1.807) is 49.8 Å². The van der Waals surface area contributed by atoms with Crippen molar-refractivity contribution in [1.29, 1.82) is 0 Å². The molecule has 1 saturated heterocycles. The molecular formula is C25H24ClN5O3. The molecule has 9 heteroatoms. The Morgan fingerprint density at radius 2 is 1.74 bits per heavy atom. The van der Waals surface area contributed by atoms with Crippen molar-refractivity contribution >= 4 is 34.2 Å². The molecule has 0 spiro atoms. The number of fused-ring (bicyclic) bond motifs is 1. The first-order valence-corrected chi connectivity index (χ1v) is 11.4. The number of benzene rings is 2. The number of anilines is 1. The number of H-pyrrole nitrogens is 1. The van der Waals surface area contributed by atoms with E-state index in [9.17, 15) is 9.59 Å². The molecule has 8 nitrogen and oxygen atoms in total. The zero-order valence-corrected chi connectivity index (χ0v) is 19.4. The topological polar surface area (TPSA) is 83.5 Å². The van der Waals surface area contributed by atoms with Crippen LogP contribution in [0.2, 0.25) is 5.02 Å². The smallest absolute Gasteiger partial charge is 0.327 e. The maximum absolute atomic E-state index is 13.9. The van der Waals surface area contributed by atoms with Crippen LogP contribution in [0.4, 0.5) is 5.69 Å². The van der Waals surface area contributed by atoms with E-state index in [2.05, 4.69) is 14.9 Å². The minimum Gasteiger partial charge on any atom is -0.497 e. The number of ether oxygens (including phenoxy) is 1. The summed E-state index contributed by atoms with van der Waals surface area (Å²) in [4.78, 5) is 38.0. The lowest BCUT2D eigenvalue weighted by Crippen LogP contribution is -2.51. The minimum absolute atomic E-state index is 0.137. The number of rotatable bonds is 5. The number of piperazine rings is 1. The minimum atomic E-state index is -0.835. The van der Waals surface area contributed by atoms with Gasteiger partial charge in [-0.3, -0.25) is 14.3 Å². The number of methoxy groups -OCH3 is 1. The lowest BCUT2D eigenvalue weighted by Gasteiger charge is -2.37. The highest BCUT2D eigenvalue weighted by Gasteiger charge is 2.32. The second-order valence-corrected chi connectivity index (χ2v) is 8.59. The first-order valence-electron chi connectivity index (χ1n) is 11.0. The summed E-state index contributed by atoms with van der Waals surface area (Å²) in [6, 6.07) is 15.5. The van der Waals surface area contributed by atoms with Crippen LogP contribution in [0.25, 0.3) is 11.0 Å². The van der Waals surface area contributed by atoms with E-state index in [0.717, 1.165) is 5.69 Å². The molecule has 0 radical (unpaired) electrons. The van der Waals surface area contributed by atoms with E-state index < -0.39 is 6.04 Å². The zero-order chi connectivity index (χ0) is 23.7. The first-order chi connectivity index (χ1) is 16.5. The van der Waals surface area contributed by atoms with Gasteiger partial charge in [0.25, 0.3) is 5.91 Å². The molecule has 1 aliphatic rings. The predicted octanol–water partition coefficient (Wildman–Crippen LogP) is 3.32. The molecule has 1 amide bonds. The quantitative estimate of drug-likeness (QED) is 0.476. The molecule has 0 bridgehead atoms. The molecular weight excluding hydrogens is 454 g/mol. The average Bonchev–Trinajstić information content (AvgIpc) is 3.20. The number of carbonyl (C=O) groups is 1. The van der Waals surface area contributed by atoms with Gasteiger partial charge in [-0.2, -0.15) is 0 Å². The van der Waals surface area contributed by atoms with Gasteiger partial charge in [-0.1, -0.05) is 23.7 Å². The van der Waals surface area contributed by atoms with Crippen LogP contribution >= 0.6 is 11.6 Å². The molecule has 174 valence electrons. The molecule has 3 heterocycles. The van der Waals surface area contributed by atoms with Crippen LogP contribution in [-0.2, 0) is 4.79 Å². The Morgan fingerprint density at radius 3 is 2.41 bits per heavy atom. The number of nitrogens with zero attached hydrogens (tertiary/aromatic N) is 4. The SMILES string of the molecule is COc1ccc(C(C(=O)N2CCN(c3ccncc3)CC2)n2c(=O)[nH]c3ccc(Cl)cc32)cc1. The van der Waals surface area contributed by atoms with Gasteiger partial charge in [0, 0.05) is 49.3 Å². The third-order valence-corrected chi connectivity index (χ3v) is 6.46. The largest absolute Gasteiger partial charge is 0.497 e. The summed E-state index contributed by atoms with van der Waals surface area (Å²) in [6.45, 7) is 2.48. The maximum Gasteiger partial charge on any atom is 0.327 e. The second-order valence-electron chi connectivity index (χ2n) is 8.16. The van der Waals surface area contributed by atoms with E-state index >= 15 is 0 Å². The van der Waals surface area contributed by atoms with Crippen LogP contribution in [0.3, 0.4) is 0 Å². The van der Waals surface area contributed by atoms with Gasteiger partial charge in [-0.05, 0) is 48.0 Å².